The molecule has 0 saturated heterocycles. The molecule has 7 nitrogen and oxygen atoms in total. The number of aromatic nitrogens is 2. The lowest BCUT2D eigenvalue weighted by atomic mass is 9.98. The molecule has 1 aliphatic heterocycles. The van der Waals surface area contributed by atoms with Gasteiger partial charge in [0, 0.05) is 18.2 Å². The summed E-state index contributed by atoms with van der Waals surface area (Å²) in [7, 11) is 0. The predicted octanol–water partition coefficient (Wildman–Crippen LogP) is 3.07. The van der Waals surface area contributed by atoms with Gasteiger partial charge in [-0.05, 0) is 36.6 Å². The van der Waals surface area contributed by atoms with Gasteiger partial charge >= 0.3 is 0 Å². The number of anilines is 1. The highest BCUT2D eigenvalue weighted by atomic mass is 16.5. The van der Waals surface area contributed by atoms with E-state index in [1.54, 1.807) is 18.6 Å². The molecule has 7 heteroatoms. The molecule has 25 heavy (non-hydrogen) atoms. The molecule has 128 valence electrons. The molecule has 0 unspecified atom stereocenters. The largest absolute Gasteiger partial charge is 0.472 e. The minimum absolute atomic E-state index is 0.0799. The number of carbonyl (C=O) groups is 1. The molecule has 1 aliphatic rings. The first-order valence-electron chi connectivity index (χ1n) is 8.20. The van der Waals surface area contributed by atoms with Crippen LogP contribution in [0, 0.1) is 0 Å². The summed E-state index contributed by atoms with van der Waals surface area (Å²) in [5, 5.41) is 10.2. The number of hydrogen-bond acceptors (Lipinski definition) is 6. The molecule has 0 saturated carbocycles. The van der Waals surface area contributed by atoms with Gasteiger partial charge in [-0.15, -0.1) is 0 Å². The van der Waals surface area contributed by atoms with E-state index < -0.39 is 0 Å². The molecule has 0 fully saturated rings. The second kappa shape index (κ2) is 6.52. The van der Waals surface area contributed by atoms with Crippen LogP contribution in [0.3, 0.4) is 0 Å². The highest BCUT2D eigenvalue weighted by Gasteiger charge is 2.17. The third-order valence-corrected chi connectivity index (χ3v) is 4.33. The number of benzene rings is 1. The first-order chi connectivity index (χ1) is 12.2. The van der Waals surface area contributed by atoms with E-state index in [4.69, 9.17) is 8.94 Å². The zero-order chi connectivity index (χ0) is 17.2. The molecular weight excluding hydrogens is 320 g/mol. The van der Waals surface area contributed by atoms with E-state index >= 15 is 0 Å². The van der Waals surface area contributed by atoms with Crippen LogP contribution in [0.2, 0.25) is 0 Å². The van der Waals surface area contributed by atoms with E-state index in [9.17, 15) is 4.79 Å². The Hall–Kier alpha value is -2.93. The Morgan fingerprint density at radius 3 is 3.08 bits per heavy atom. The lowest BCUT2D eigenvalue weighted by Crippen LogP contribution is -2.21. The first kappa shape index (κ1) is 15.6. The van der Waals surface area contributed by atoms with Gasteiger partial charge in [-0.1, -0.05) is 17.3 Å². The minimum Gasteiger partial charge on any atom is -0.472 e. The van der Waals surface area contributed by atoms with E-state index in [2.05, 4.69) is 33.8 Å². The van der Waals surface area contributed by atoms with Crippen molar-refractivity contribution < 1.29 is 13.7 Å². The molecule has 0 spiro atoms. The molecule has 1 amide bonds. The van der Waals surface area contributed by atoms with E-state index in [-0.39, 0.29) is 11.9 Å². The maximum atomic E-state index is 11.4. The summed E-state index contributed by atoms with van der Waals surface area (Å²) in [6.45, 7) is 2.55. The highest BCUT2D eigenvalue weighted by Crippen LogP contribution is 2.26. The lowest BCUT2D eigenvalue weighted by Gasteiger charge is -2.20. The molecule has 2 N–H and O–H groups in total. The van der Waals surface area contributed by atoms with E-state index in [0.29, 0.717) is 24.7 Å². The SMILES string of the molecule is C[C@H](NCc1nc(-c2ccoc2)no1)c1ccc2c(c1)CCC(=O)N2. The van der Waals surface area contributed by atoms with Crippen LogP contribution in [0.15, 0.2) is 45.7 Å². The van der Waals surface area contributed by atoms with Gasteiger partial charge in [0.1, 0.15) is 6.26 Å². The number of carbonyl (C=O) groups excluding carboxylic acids is 1. The average molecular weight is 338 g/mol. The number of nitrogens with one attached hydrogen (secondary N) is 2. The second-order valence-electron chi connectivity index (χ2n) is 6.09. The van der Waals surface area contributed by atoms with E-state index in [0.717, 1.165) is 23.2 Å². The molecule has 2 aromatic heterocycles. The fourth-order valence-corrected chi connectivity index (χ4v) is 2.87. The smallest absolute Gasteiger partial charge is 0.240 e. The van der Waals surface area contributed by atoms with Gasteiger partial charge in [0.15, 0.2) is 0 Å². The molecule has 0 bridgehead atoms. The summed E-state index contributed by atoms with van der Waals surface area (Å²) < 4.78 is 10.3. The number of nitrogens with zero attached hydrogens (tertiary/aromatic N) is 2. The van der Waals surface area contributed by atoms with E-state index in [1.165, 1.54) is 5.56 Å². The maximum Gasteiger partial charge on any atom is 0.240 e. The Balaban J connectivity index is 1.41. The van der Waals surface area contributed by atoms with Gasteiger partial charge in [-0.3, -0.25) is 4.79 Å². The fourth-order valence-electron chi connectivity index (χ4n) is 2.87. The Bertz CT molecular complexity index is 886. The molecule has 0 aliphatic carbocycles. The lowest BCUT2D eigenvalue weighted by molar-refractivity contribution is -0.116. The Morgan fingerprint density at radius 2 is 2.24 bits per heavy atom. The Labute approximate surface area is 144 Å². The van der Waals surface area contributed by atoms with Crippen molar-refractivity contribution in [2.45, 2.75) is 32.4 Å². The van der Waals surface area contributed by atoms with Crippen molar-refractivity contribution in [2.75, 3.05) is 5.32 Å². The Kier molecular flexibility index (Phi) is 4.07. The molecule has 4 rings (SSSR count). The van der Waals surface area contributed by atoms with Gasteiger partial charge in [-0.2, -0.15) is 4.98 Å². The fraction of sp³-hybridized carbons (Fsp3) is 0.278. The maximum absolute atomic E-state index is 11.4. The minimum atomic E-state index is 0.0799. The van der Waals surface area contributed by atoms with Crippen LogP contribution >= 0.6 is 0 Å². The number of amides is 1. The van der Waals surface area contributed by atoms with Gasteiger partial charge in [0.2, 0.25) is 17.6 Å². The van der Waals surface area contributed by atoms with Gasteiger partial charge < -0.3 is 19.6 Å². The molecule has 3 aromatic rings. The summed E-state index contributed by atoms with van der Waals surface area (Å²) >= 11 is 0. The third kappa shape index (κ3) is 3.32. The van der Waals surface area contributed by atoms with Crippen molar-refractivity contribution in [3.63, 3.8) is 0 Å². The number of fused-ring (bicyclic) bond motifs is 1. The molecule has 3 heterocycles. The Morgan fingerprint density at radius 1 is 1.32 bits per heavy atom. The number of hydrogen-bond donors (Lipinski definition) is 2. The summed E-state index contributed by atoms with van der Waals surface area (Å²) in [5.74, 6) is 1.12. The zero-order valence-corrected chi connectivity index (χ0v) is 13.8. The number of aryl methyl sites for hydroxylation is 1. The van der Waals surface area contributed by atoms with Gasteiger partial charge in [-0.25, -0.2) is 0 Å². The molecule has 1 atom stereocenters. The van der Waals surface area contributed by atoms with Crippen molar-refractivity contribution >= 4 is 11.6 Å². The van der Waals surface area contributed by atoms with Crippen LogP contribution in [0.4, 0.5) is 5.69 Å². The summed E-state index contributed by atoms with van der Waals surface area (Å²) in [6.07, 6.45) is 4.47. The molecule has 0 radical (unpaired) electrons. The van der Waals surface area contributed by atoms with Crippen LogP contribution in [0.5, 0.6) is 0 Å². The highest BCUT2D eigenvalue weighted by molar-refractivity contribution is 5.93. The first-order valence-corrected chi connectivity index (χ1v) is 8.20. The monoisotopic (exact) mass is 338 g/mol. The standard InChI is InChI=1S/C18H18N4O3/c1-11(12-2-4-15-13(8-12)3-5-16(23)20-15)19-9-17-21-18(22-25-17)14-6-7-24-10-14/h2,4,6-8,10-11,19H,3,5,9H2,1H3,(H,20,23)/t11-/m0/s1. The number of rotatable bonds is 5. The van der Waals surface area contributed by atoms with Crippen molar-refractivity contribution in [1.82, 2.24) is 15.5 Å². The molecular formula is C18H18N4O3. The van der Waals surface area contributed by atoms with Crippen molar-refractivity contribution in [1.29, 1.82) is 0 Å². The van der Waals surface area contributed by atoms with Crippen LogP contribution in [-0.4, -0.2) is 16.0 Å². The van der Waals surface area contributed by atoms with Gasteiger partial charge in [0.05, 0.1) is 18.4 Å². The second-order valence-corrected chi connectivity index (χ2v) is 6.09. The van der Waals surface area contributed by atoms with Crippen LogP contribution < -0.4 is 10.6 Å². The zero-order valence-electron chi connectivity index (χ0n) is 13.8. The van der Waals surface area contributed by atoms with Crippen LogP contribution in [0.1, 0.15) is 36.4 Å². The average Bonchev–Trinajstić information content (AvgIpc) is 3.30. The van der Waals surface area contributed by atoms with Crippen LogP contribution in [0.25, 0.3) is 11.4 Å². The van der Waals surface area contributed by atoms with E-state index in [1.807, 2.05) is 12.1 Å². The van der Waals surface area contributed by atoms with Crippen molar-refractivity contribution in [3.8, 4) is 11.4 Å². The topological polar surface area (TPSA) is 93.2 Å². The number of furan rings is 1. The predicted molar refractivity (Wildman–Crippen MR) is 90.6 cm³/mol. The third-order valence-electron chi connectivity index (χ3n) is 4.33. The summed E-state index contributed by atoms with van der Waals surface area (Å²) in [5.41, 5.74) is 4.03. The van der Waals surface area contributed by atoms with Crippen molar-refractivity contribution in [2.24, 2.45) is 0 Å². The quantitative estimate of drug-likeness (QED) is 0.742. The van der Waals surface area contributed by atoms with Gasteiger partial charge in [0.25, 0.3) is 0 Å². The summed E-state index contributed by atoms with van der Waals surface area (Å²) in [6, 6.07) is 8.02. The molecule has 1 aromatic carbocycles. The summed E-state index contributed by atoms with van der Waals surface area (Å²) in [4.78, 5) is 15.8. The van der Waals surface area contributed by atoms with Crippen LogP contribution in [-0.2, 0) is 17.8 Å². The normalized spacial score (nSPS) is 14.8. The van der Waals surface area contributed by atoms with Crippen molar-refractivity contribution in [3.05, 3.63) is 53.8 Å².